The highest BCUT2D eigenvalue weighted by Gasteiger charge is 2.40. The summed E-state index contributed by atoms with van der Waals surface area (Å²) in [5.41, 5.74) is 1.22. The predicted octanol–water partition coefficient (Wildman–Crippen LogP) is 4.76. The molecule has 1 aromatic carbocycles. The average molecular weight is 485 g/mol. The minimum atomic E-state index is -0.661. The number of carbonyl (C=O) groups excluding carboxylic acids is 2. The maximum atomic E-state index is 14.6. The Kier molecular flexibility index (Phi) is 6.62. The number of nitrogens with zero attached hydrogens (tertiary/aromatic N) is 4. The molecular formula is C26H33FN4O4. The van der Waals surface area contributed by atoms with Gasteiger partial charge in [-0.05, 0) is 46.6 Å². The van der Waals surface area contributed by atoms with Crippen LogP contribution in [0.15, 0.2) is 36.4 Å². The van der Waals surface area contributed by atoms with Gasteiger partial charge in [0.25, 0.3) is 0 Å². The molecule has 0 radical (unpaired) electrons. The van der Waals surface area contributed by atoms with Crippen molar-refractivity contribution in [3.05, 3.63) is 53.5 Å². The molecule has 0 atom stereocenters. The van der Waals surface area contributed by atoms with Crippen LogP contribution in [0.1, 0.15) is 45.7 Å². The molecule has 2 amide bonds. The normalized spacial score (nSPS) is 17.3. The molecule has 0 N–H and O–H groups in total. The molecule has 188 valence electrons. The Bertz CT molecular complexity index is 1100. The molecule has 0 saturated carbocycles. The van der Waals surface area contributed by atoms with E-state index in [0.717, 1.165) is 11.1 Å². The molecule has 35 heavy (non-hydrogen) atoms. The lowest BCUT2D eigenvalue weighted by Crippen LogP contribution is -2.61. The van der Waals surface area contributed by atoms with Crippen molar-refractivity contribution >= 4 is 23.7 Å². The second-order valence-corrected chi connectivity index (χ2v) is 10.6. The molecule has 8 nitrogen and oxygen atoms in total. The van der Waals surface area contributed by atoms with E-state index in [9.17, 15) is 14.0 Å². The molecular weight excluding hydrogens is 451 g/mol. The number of fused-ring (bicyclic) bond motifs is 1. The van der Waals surface area contributed by atoms with Crippen LogP contribution < -0.4 is 9.80 Å². The van der Waals surface area contributed by atoms with Gasteiger partial charge >= 0.3 is 12.2 Å². The van der Waals surface area contributed by atoms with Crippen LogP contribution in [-0.2, 0) is 22.5 Å². The number of pyridine rings is 1. The van der Waals surface area contributed by atoms with Gasteiger partial charge in [0.05, 0.1) is 5.54 Å². The molecule has 0 unspecified atom stereocenters. The van der Waals surface area contributed by atoms with Crippen molar-refractivity contribution in [1.82, 2.24) is 9.88 Å². The standard InChI is InChI=1S/C26H33FN4O4/c1-25(2,3)35-23(32)30-12-11-19-20(15-21(27)28-22(19)30)29-13-14-31(26(4,5)17-29)24(33)34-16-18-9-7-6-8-10-18/h6-10,15H,11-14,16-17H2,1-5H3. The fourth-order valence-electron chi connectivity index (χ4n) is 4.58. The van der Waals surface area contributed by atoms with Crippen LogP contribution in [0.4, 0.5) is 25.5 Å². The molecule has 0 spiro atoms. The number of rotatable bonds is 3. The third-order valence-electron chi connectivity index (χ3n) is 6.17. The van der Waals surface area contributed by atoms with Crippen LogP contribution in [0, 0.1) is 5.95 Å². The van der Waals surface area contributed by atoms with Gasteiger partial charge in [-0.2, -0.15) is 4.39 Å². The van der Waals surface area contributed by atoms with E-state index in [-0.39, 0.29) is 12.7 Å². The summed E-state index contributed by atoms with van der Waals surface area (Å²) >= 11 is 0. The number of halogens is 1. The van der Waals surface area contributed by atoms with Crippen molar-refractivity contribution in [2.45, 2.75) is 58.8 Å². The number of piperazine rings is 1. The summed E-state index contributed by atoms with van der Waals surface area (Å²) in [7, 11) is 0. The van der Waals surface area contributed by atoms with Gasteiger partial charge in [-0.1, -0.05) is 30.3 Å². The maximum absolute atomic E-state index is 14.6. The van der Waals surface area contributed by atoms with Gasteiger partial charge in [-0.15, -0.1) is 0 Å². The Balaban J connectivity index is 1.49. The lowest BCUT2D eigenvalue weighted by atomic mass is 9.98. The summed E-state index contributed by atoms with van der Waals surface area (Å²) in [6.45, 7) is 11.3. The number of ether oxygens (including phenoxy) is 2. The number of hydrogen-bond donors (Lipinski definition) is 0. The second-order valence-electron chi connectivity index (χ2n) is 10.6. The Labute approximate surface area is 205 Å². The smallest absolute Gasteiger partial charge is 0.416 e. The molecule has 0 bridgehead atoms. The van der Waals surface area contributed by atoms with Crippen molar-refractivity contribution < 1.29 is 23.5 Å². The van der Waals surface area contributed by atoms with Crippen molar-refractivity contribution in [1.29, 1.82) is 0 Å². The SMILES string of the molecule is CC(C)(C)OC(=O)N1CCc2c(N3CCN(C(=O)OCc4ccccc4)C(C)(C)C3)cc(F)nc21. The zero-order chi connectivity index (χ0) is 25.4. The number of anilines is 2. The van der Waals surface area contributed by atoms with Gasteiger partial charge in [0.2, 0.25) is 5.95 Å². The summed E-state index contributed by atoms with van der Waals surface area (Å²) in [4.78, 5) is 34.7. The van der Waals surface area contributed by atoms with Crippen LogP contribution in [0.2, 0.25) is 0 Å². The van der Waals surface area contributed by atoms with Crippen LogP contribution in [0.5, 0.6) is 0 Å². The lowest BCUT2D eigenvalue weighted by molar-refractivity contribution is 0.0513. The molecule has 2 aliphatic heterocycles. The molecule has 9 heteroatoms. The average Bonchev–Trinajstić information content (AvgIpc) is 3.19. The summed E-state index contributed by atoms with van der Waals surface area (Å²) in [5, 5.41) is 0. The van der Waals surface area contributed by atoms with Gasteiger partial charge in [0, 0.05) is 43.5 Å². The van der Waals surface area contributed by atoms with E-state index in [1.54, 1.807) is 25.7 Å². The summed E-state index contributed by atoms with van der Waals surface area (Å²) in [6, 6.07) is 11.0. The Morgan fingerprint density at radius 1 is 1.09 bits per heavy atom. The molecule has 2 aliphatic rings. The molecule has 0 aliphatic carbocycles. The highest BCUT2D eigenvalue weighted by molar-refractivity contribution is 5.90. The first-order valence-electron chi connectivity index (χ1n) is 11.9. The fraction of sp³-hybridized carbons (Fsp3) is 0.500. The first-order valence-corrected chi connectivity index (χ1v) is 11.9. The molecule has 4 rings (SSSR count). The highest BCUT2D eigenvalue weighted by Crippen LogP contribution is 2.37. The van der Waals surface area contributed by atoms with E-state index in [1.165, 1.54) is 11.0 Å². The summed E-state index contributed by atoms with van der Waals surface area (Å²) < 4.78 is 25.7. The van der Waals surface area contributed by atoms with Crippen molar-refractivity contribution in [3.8, 4) is 0 Å². The Hall–Kier alpha value is -3.36. The zero-order valence-electron chi connectivity index (χ0n) is 21.0. The van der Waals surface area contributed by atoms with E-state index >= 15 is 0 Å². The third kappa shape index (κ3) is 5.49. The Morgan fingerprint density at radius 2 is 1.80 bits per heavy atom. The number of benzene rings is 1. The second kappa shape index (κ2) is 9.36. The van der Waals surface area contributed by atoms with Crippen molar-refractivity contribution in [3.63, 3.8) is 0 Å². The number of aromatic nitrogens is 1. The van der Waals surface area contributed by atoms with E-state index in [2.05, 4.69) is 9.88 Å². The van der Waals surface area contributed by atoms with Gasteiger partial charge in [-0.25, -0.2) is 14.6 Å². The quantitative estimate of drug-likeness (QED) is 0.585. The largest absolute Gasteiger partial charge is 0.445 e. The van der Waals surface area contributed by atoms with Crippen molar-refractivity contribution in [2.24, 2.45) is 0 Å². The van der Waals surface area contributed by atoms with Crippen LogP contribution >= 0.6 is 0 Å². The predicted molar refractivity (Wildman–Crippen MR) is 131 cm³/mol. The topological polar surface area (TPSA) is 75.2 Å². The van der Waals surface area contributed by atoms with Crippen LogP contribution in [0.3, 0.4) is 0 Å². The van der Waals surface area contributed by atoms with Gasteiger partial charge in [0.1, 0.15) is 18.0 Å². The van der Waals surface area contributed by atoms with E-state index in [4.69, 9.17) is 9.47 Å². The maximum Gasteiger partial charge on any atom is 0.416 e. The lowest BCUT2D eigenvalue weighted by Gasteiger charge is -2.47. The van der Waals surface area contributed by atoms with E-state index < -0.39 is 23.2 Å². The third-order valence-corrected chi connectivity index (χ3v) is 6.17. The van der Waals surface area contributed by atoms with Crippen LogP contribution in [0.25, 0.3) is 0 Å². The molecule has 1 fully saturated rings. The fourth-order valence-corrected chi connectivity index (χ4v) is 4.58. The van der Waals surface area contributed by atoms with Gasteiger partial charge < -0.3 is 14.4 Å². The molecule has 1 saturated heterocycles. The van der Waals surface area contributed by atoms with E-state index in [1.807, 2.05) is 44.2 Å². The zero-order valence-corrected chi connectivity index (χ0v) is 21.0. The number of carbonyl (C=O) groups is 2. The minimum absolute atomic E-state index is 0.208. The first-order chi connectivity index (χ1) is 16.4. The number of amides is 2. The molecule has 3 heterocycles. The van der Waals surface area contributed by atoms with Gasteiger partial charge in [-0.3, -0.25) is 9.80 Å². The molecule has 1 aromatic heterocycles. The Morgan fingerprint density at radius 3 is 2.46 bits per heavy atom. The van der Waals surface area contributed by atoms with Gasteiger partial charge in [0.15, 0.2) is 0 Å². The van der Waals surface area contributed by atoms with Crippen molar-refractivity contribution in [2.75, 3.05) is 36.0 Å². The summed E-state index contributed by atoms with van der Waals surface area (Å²) in [5.74, 6) is -0.353. The summed E-state index contributed by atoms with van der Waals surface area (Å²) in [6.07, 6.45) is -0.357. The highest BCUT2D eigenvalue weighted by atomic mass is 19.1. The minimum Gasteiger partial charge on any atom is -0.445 e. The monoisotopic (exact) mass is 484 g/mol. The van der Waals surface area contributed by atoms with E-state index in [0.29, 0.717) is 44.1 Å². The first kappa shape index (κ1) is 24.8. The van der Waals surface area contributed by atoms with Crippen LogP contribution in [-0.4, -0.2) is 59.4 Å². The molecule has 2 aromatic rings. The number of hydrogen-bond acceptors (Lipinski definition) is 6.